The van der Waals surface area contributed by atoms with Crippen molar-refractivity contribution in [3.05, 3.63) is 59.9 Å². The van der Waals surface area contributed by atoms with E-state index in [2.05, 4.69) is 6.92 Å². The predicted octanol–water partition coefficient (Wildman–Crippen LogP) is 6.75. The zero-order valence-electron chi connectivity index (χ0n) is 21.2. The molecule has 5 nitrogen and oxygen atoms in total. The minimum Gasteiger partial charge on any atom is -0.481 e. The maximum absolute atomic E-state index is 13.1. The highest BCUT2D eigenvalue weighted by Crippen LogP contribution is 2.31. The first-order chi connectivity index (χ1) is 17.3. The van der Waals surface area contributed by atoms with Crippen LogP contribution in [0.1, 0.15) is 69.7 Å². The lowest BCUT2D eigenvalue weighted by Gasteiger charge is -2.10. The molecule has 1 heterocycles. The van der Waals surface area contributed by atoms with Gasteiger partial charge in [-0.2, -0.15) is 13.2 Å². The number of unbranched alkanes of at least 4 members (excludes halogenated alkanes) is 7. The number of halogens is 3. The second-order valence-electron chi connectivity index (χ2n) is 9.06. The lowest BCUT2D eigenvalue weighted by molar-refractivity contribution is -0.655. The van der Waals surface area contributed by atoms with E-state index in [0.717, 1.165) is 42.4 Å². The van der Waals surface area contributed by atoms with Crippen LogP contribution >= 0.6 is 0 Å². The van der Waals surface area contributed by atoms with Crippen molar-refractivity contribution in [1.82, 2.24) is 4.57 Å². The highest BCUT2D eigenvalue weighted by Gasteiger charge is 2.31. The summed E-state index contributed by atoms with van der Waals surface area (Å²) >= 11 is 0. The molecule has 0 aliphatic rings. The molecule has 196 valence electrons. The fourth-order valence-corrected chi connectivity index (χ4v) is 4.29. The number of rotatable bonds is 14. The first-order valence-corrected chi connectivity index (χ1v) is 12.7. The van der Waals surface area contributed by atoms with Crippen LogP contribution in [-0.2, 0) is 35.9 Å². The molecule has 0 unspecified atom stereocenters. The maximum Gasteiger partial charge on any atom is 0.416 e. The summed E-state index contributed by atoms with van der Waals surface area (Å²) in [5, 5.41) is 0. The number of benzene rings is 2. The number of carbonyl (C=O) groups excluding carboxylic acids is 1. The molecule has 0 fully saturated rings. The molecule has 3 rings (SSSR count). The van der Waals surface area contributed by atoms with Crippen LogP contribution in [0.15, 0.2) is 48.5 Å². The van der Waals surface area contributed by atoms with E-state index < -0.39 is 11.7 Å². The number of alkyl halides is 3. The number of esters is 1. The van der Waals surface area contributed by atoms with Crippen molar-refractivity contribution < 1.29 is 32.0 Å². The monoisotopic (exact) mass is 505 g/mol. The second kappa shape index (κ2) is 13.3. The Hall–Kier alpha value is -3.03. The van der Waals surface area contributed by atoms with Gasteiger partial charge in [-0.25, -0.2) is 13.9 Å². The summed E-state index contributed by atoms with van der Waals surface area (Å²) in [5.74, 6) is 0.413. The van der Waals surface area contributed by atoms with E-state index in [0.29, 0.717) is 12.4 Å². The van der Waals surface area contributed by atoms with Crippen LogP contribution in [0.5, 0.6) is 5.75 Å². The molecule has 8 heteroatoms. The van der Waals surface area contributed by atoms with E-state index in [1.165, 1.54) is 44.2 Å². The molecule has 36 heavy (non-hydrogen) atoms. The Labute approximate surface area is 210 Å². The summed E-state index contributed by atoms with van der Waals surface area (Å²) in [7, 11) is 1.84. The first-order valence-electron chi connectivity index (χ1n) is 12.7. The van der Waals surface area contributed by atoms with Crippen LogP contribution in [0, 0.1) is 0 Å². The number of aryl methyl sites for hydroxylation is 1. The Balaban J connectivity index is 1.61. The number of carbonyl (C=O) groups is 1. The predicted molar refractivity (Wildman–Crippen MR) is 132 cm³/mol. The number of fused-ring (bicyclic) bond motifs is 1. The van der Waals surface area contributed by atoms with Crippen molar-refractivity contribution in [2.24, 2.45) is 7.05 Å². The normalized spacial score (nSPS) is 11.7. The maximum atomic E-state index is 13.1. The highest BCUT2D eigenvalue weighted by molar-refractivity contribution is 5.76. The van der Waals surface area contributed by atoms with Crippen molar-refractivity contribution >= 4 is 17.0 Å². The largest absolute Gasteiger partial charge is 0.481 e. The molecule has 0 aliphatic carbocycles. The number of imidazole rings is 1. The number of ether oxygens (including phenoxy) is 2. The smallest absolute Gasteiger partial charge is 0.416 e. The summed E-state index contributed by atoms with van der Waals surface area (Å²) in [6.07, 6.45) is 4.87. The molecule has 0 N–H and O–H groups in total. The fraction of sp³-hybridized carbons (Fsp3) is 0.500. The molecule has 0 saturated carbocycles. The summed E-state index contributed by atoms with van der Waals surface area (Å²) < 4.78 is 54.1. The van der Waals surface area contributed by atoms with Crippen molar-refractivity contribution in [3.8, 4) is 5.75 Å². The molecule has 0 spiro atoms. The third kappa shape index (κ3) is 7.73. The molecule has 2 aromatic carbocycles. The van der Waals surface area contributed by atoms with Gasteiger partial charge in [0.25, 0.3) is 5.82 Å². The first kappa shape index (κ1) is 27.6. The van der Waals surface area contributed by atoms with Crippen LogP contribution < -0.4 is 9.30 Å². The average molecular weight is 506 g/mol. The minimum atomic E-state index is -4.45. The summed E-state index contributed by atoms with van der Waals surface area (Å²) in [6, 6.07) is 12.4. The zero-order valence-corrected chi connectivity index (χ0v) is 21.2. The van der Waals surface area contributed by atoms with E-state index in [9.17, 15) is 18.0 Å². The van der Waals surface area contributed by atoms with E-state index in [4.69, 9.17) is 9.47 Å². The third-order valence-corrected chi connectivity index (χ3v) is 6.31. The van der Waals surface area contributed by atoms with Gasteiger partial charge in [-0.3, -0.25) is 0 Å². The van der Waals surface area contributed by atoms with Crippen molar-refractivity contribution in [2.45, 2.75) is 77.6 Å². The van der Waals surface area contributed by atoms with E-state index in [-0.39, 0.29) is 24.9 Å². The van der Waals surface area contributed by atoms with Crippen LogP contribution in [0.25, 0.3) is 11.0 Å². The number of aromatic nitrogens is 2. The number of hydrogen-bond donors (Lipinski definition) is 0. The van der Waals surface area contributed by atoms with Gasteiger partial charge < -0.3 is 9.47 Å². The minimum absolute atomic E-state index is 0.000342. The Morgan fingerprint density at radius 2 is 1.64 bits per heavy atom. The van der Waals surface area contributed by atoms with Gasteiger partial charge in [-0.15, -0.1) is 0 Å². The topological polar surface area (TPSA) is 44.3 Å². The van der Waals surface area contributed by atoms with Gasteiger partial charge in [0.1, 0.15) is 5.75 Å². The highest BCUT2D eigenvalue weighted by atomic mass is 19.4. The molecule has 0 radical (unpaired) electrons. The second-order valence-corrected chi connectivity index (χ2v) is 9.06. The van der Waals surface area contributed by atoms with Gasteiger partial charge in [-0.1, -0.05) is 70.1 Å². The van der Waals surface area contributed by atoms with Crippen molar-refractivity contribution in [2.75, 3.05) is 6.61 Å². The van der Waals surface area contributed by atoms with Gasteiger partial charge in [0, 0.05) is 0 Å². The van der Waals surface area contributed by atoms with Gasteiger partial charge in [0.2, 0.25) is 0 Å². The van der Waals surface area contributed by atoms with Gasteiger partial charge >= 0.3 is 12.1 Å². The SMILES string of the molecule is CCCCCCCCCCOC(=O)Cn1c(COc2cccc(C(F)(F)F)c2)[n+](C)c2ccccc21. The summed E-state index contributed by atoms with van der Waals surface area (Å²) in [5.41, 5.74) is 0.942. The summed E-state index contributed by atoms with van der Waals surface area (Å²) in [6.45, 7) is 2.59. The molecule has 0 aliphatic heterocycles. The molecular formula is C28H36F3N2O3+. The van der Waals surface area contributed by atoms with E-state index in [1.807, 2.05) is 35.9 Å². The van der Waals surface area contributed by atoms with Crippen LogP contribution in [0.4, 0.5) is 13.2 Å². The lowest BCUT2D eigenvalue weighted by Crippen LogP contribution is -2.34. The Morgan fingerprint density at radius 1 is 0.944 bits per heavy atom. The fourth-order valence-electron chi connectivity index (χ4n) is 4.29. The van der Waals surface area contributed by atoms with E-state index >= 15 is 0 Å². The molecule has 0 atom stereocenters. The Kier molecular flexibility index (Phi) is 10.2. The Morgan fingerprint density at radius 3 is 2.36 bits per heavy atom. The van der Waals surface area contributed by atoms with Crippen LogP contribution in [0.3, 0.4) is 0 Å². The zero-order chi connectivity index (χ0) is 26.0. The molecule has 3 aromatic rings. The molecule has 0 bridgehead atoms. The van der Waals surface area contributed by atoms with Gasteiger partial charge in [-0.05, 0) is 36.8 Å². The van der Waals surface area contributed by atoms with Gasteiger partial charge in [0.15, 0.2) is 24.2 Å². The van der Waals surface area contributed by atoms with Gasteiger partial charge in [0.05, 0.1) is 19.2 Å². The summed E-state index contributed by atoms with van der Waals surface area (Å²) in [4.78, 5) is 12.6. The van der Waals surface area contributed by atoms with Crippen molar-refractivity contribution in [3.63, 3.8) is 0 Å². The third-order valence-electron chi connectivity index (χ3n) is 6.31. The van der Waals surface area contributed by atoms with Crippen LogP contribution in [-0.4, -0.2) is 17.1 Å². The number of para-hydroxylation sites is 2. The standard InChI is InChI=1S/C28H36F3N2O3/c1-3-4-5-6-7-8-9-12-18-35-27(34)20-33-25-17-11-10-16-24(25)32(2)26(33)21-36-23-15-13-14-22(19-23)28(29,30)31/h10-11,13-17,19H,3-9,12,18,20-21H2,1-2H3/q+1. The lowest BCUT2D eigenvalue weighted by atomic mass is 10.1. The molecular weight excluding hydrogens is 469 g/mol. The molecule has 0 saturated heterocycles. The Bertz CT molecular complexity index is 1120. The molecule has 1 aromatic heterocycles. The average Bonchev–Trinajstić information content (AvgIpc) is 3.12. The molecule has 0 amide bonds. The quantitative estimate of drug-likeness (QED) is 0.138. The van der Waals surface area contributed by atoms with E-state index in [1.54, 1.807) is 4.57 Å². The number of nitrogens with zero attached hydrogens (tertiary/aromatic N) is 2. The van der Waals surface area contributed by atoms with Crippen molar-refractivity contribution in [1.29, 1.82) is 0 Å². The van der Waals surface area contributed by atoms with Crippen LogP contribution in [0.2, 0.25) is 0 Å². The number of hydrogen-bond acceptors (Lipinski definition) is 3.